The Kier molecular flexibility index (Phi) is 4.80. The molecule has 1 aliphatic heterocycles. The second-order valence-corrected chi connectivity index (χ2v) is 7.62. The third kappa shape index (κ3) is 3.40. The zero-order chi connectivity index (χ0) is 18.1. The lowest BCUT2D eigenvalue weighted by Gasteiger charge is -2.32. The topological polar surface area (TPSA) is 78.3 Å². The number of fused-ring (bicyclic) bond motifs is 1. The van der Waals surface area contributed by atoms with Crippen molar-refractivity contribution >= 4 is 40.8 Å². The van der Waals surface area contributed by atoms with Crippen LogP contribution < -0.4 is 5.32 Å². The molecule has 2 N–H and O–H groups in total. The van der Waals surface area contributed by atoms with E-state index in [0.29, 0.717) is 16.1 Å². The second kappa shape index (κ2) is 7.23. The molecule has 1 aromatic carbocycles. The number of hydrogen-bond acceptors (Lipinski definition) is 4. The first-order valence-corrected chi connectivity index (χ1v) is 9.75. The van der Waals surface area contributed by atoms with E-state index in [4.69, 9.17) is 16.6 Å². The van der Waals surface area contributed by atoms with Crippen LogP contribution in [-0.4, -0.2) is 34.8 Å². The number of hydrogen-bond donors (Lipinski definition) is 2. The van der Waals surface area contributed by atoms with E-state index in [1.165, 1.54) is 0 Å². The number of benzene rings is 1. The van der Waals surface area contributed by atoms with Gasteiger partial charge >= 0.3 is 0 Å². The van der Waals surface area contributed by atoms with Crippen molar-refractivity contribution in [2.75, 3.05) is 18.4 Å². The van der Waals surface area contributed by atoms with Crippen LogP contribution in [0.15, 0.2) is 22.6 Å². The van der Waals surface area contributed by atoms with Crippen LogP contribution in [0.3, 0.4) is 0 Å². The lowest BCUT2D eigenvalue weighted by Crippen LogP contribution is -2.42. The third-order valence-electron chi connectivity index (χ3n) is 5.53. The van der Waals surface area contributed by atoms with Gasteiger partial charge in [0.15, 0.2) is 5.58 Å². The van der Waals surface area contributed by atoms with Gasteiger partial charge in [0.25, 0.3) is 4.84 Å². The van der Waals surface area contributed by atoms with Crippen molar-refractivity contribution in [2.45, 2.75) is 38.5 Å². The average molecular weight is 373 g/mol. The highest BCUT2D eigenvalue weighted by Crippen LogP contribution is 2.33. The first-order valence-electron chi connectivity index (χ1n) is 9.34. The van der Waals surface area contributed by atoms with Crippen molar-refractivity contribution in [3.8, 4) is 0 Å². The maximum atomic E-state index is 12.9. The van der Waals surface area contributed by atoms with Crippen LogP contribution in [0.1, 0.15) is 38.5 Å². The quantitative estimate of drug-likeness (QED) is 0.801. The van der Waals surface area contributed by atoms with Crippen LogP contribution in [0.4, 0.5) is 5.69 Å². The Balaban J connectivity index is 1.50. The van der Waals surface area contributed by atoms with E-state index in [1.54, 1.807) is 6.07 Å². The van der Waals surface area contributed by atoms with Crippen molar-refractivity contribution in [2.24, 2.45) is 11.8 Å². The lowest BCUT2D eigenvalue weighted by atomic mass is 9.77. The Hall–Kier alpha value is -2.15. The number of amides is 2. The fourth-order valence-electron chi connectivity index (χ4n) is 4.17. The third-order valence-corrected chi connectivity index (χ3v) is 5.71. The number of nitrogens with zero attached hydrogens (tertiary/aromatic N) is 1. The Morgan fingerprint density at radius 2 is 1.85 bits per heavy atom. The molecule has 26 heavy (non-hydrogen) atoms. The SMILES string of the molecule is O=C(Nc1ccc2[nH]c(=S)oc2c1)[C@@H]1CCCC[C@H]1C(=O)N1CCCC1. The van der Waals surface area contributed by atoms with Crippen molar-refractivity contribution in [3.05, 3.63) is 23.0 Å². The number of carbonyl (C=O) groups is 2. The van der Waals surface area contributed by atoms with Gasteiger partial charge in [0.2, 0.25) is 11.8 Å². The highest BCUT2D eigenvalue weighted by Gasteiger charge is 2.38. The number of aromatic nitrogens is 1. The number of nitrogens with one attached hydrogen (secondary N) is 2. The van der Waals surface area contributed by atoms with Gasteiger partial charge in [-0.2, -0.15) is 0 Å². The van der Waals surface area contributed by atoms with Crippen molar-refractivity contribution < 1.29 is 14.0 Å². The minimum Gasteiger partial charge on any atom is -0.429 e. The summed E-state index contributed by atoms with van der Waals surface area (Å²) in [5.41, 5.74) is 2.08. The summed E-state index contributed by atoms with van der Waals surface area (Å²) in [6.07, 6.45) is 5.72. The van der Waals surface area contributed by atoms with Crippen LogP contribution in [-0.2, 0) is 9.59 Å². The smallest absolute Gasteiger partial charge is 0.266 e. The molecule has 2 fully saturated rings. The average Bonchev–Trinajstić information content (AvgIpc) is 3.29. The van der Waals surface area contributed by atoms with Crippen LogP contribution in [0, 0.1) is 16.7 Å². The normalized spacial score (nSPS) is 23.3. The zero-order valence-corrected chi connectivity index (χ0v) is 15.4. The fourth-order valence-corrected chi connectivity index (χ4v) is 4.37. The van der Waals surface area contributed by atoms with Gasteiger partial charge in [0.05, 0.1) is 5.52 Å². The largest absolute Gasteiger partial charge is 0.429 e. The number of anilines is 1. The molecule has 2 atom stereocenters. The second-order valence-electron chi connectivity index (χ2n) is 7.24. The molecule has 2 heterocycles. The summed E-state index contributed by atoms with van der Waals surface area (Å²) in [4.78, 5) is 30.9. The molecule has 7 heteroatoms. The van der Waals surface area contributed by atoms with Crippen LogP contribution in [0.5, 0.6) is 0 Å². The van der Waals surface area contributed by atoms with Crippen molar-refractivity contribution in [3.63, 3.8) is 0 Å². The van der Waals surface area contributed by atoms with Gasteiger partial charge in [-0.1, -0.05) is 12.8 Å². The van der Waals surface area contributed by atoms with Gasteiger partial charge in [-0.25, -0.2) is 0 Å². The molecule has 2 amide bonds. The van der Waals surface area contributed by atoms with Crippen LogP contribution in [0.25, 0.3) is 11.1 Å². The van der Waals surface area contributed by atoms with E-state index in [2.05, 4.69) is 10.3 Å². The number of likely N-dealkylation sites (tertiary alicyclic amines) is 1. The van der Waals surface area contributed by atoms with Gasteiger partial charge in [-0.15, -0.1) is 0 Å². The standard InChI is InChI=1S/C19H23N3O3S/c23-17(20-12-7-8-15-16(11-12)25-19(26)21-15)13-5-1-2-6-14(13)18(24)22-9-3-4-10-22/h7-8,11,13-14H,1-6,9-10H2,(H,20,23)(H,21,26)/t13-,14-/m1/s1. The summed E-state index contributed by atoms with van der Waals surface area (Å²) in [6.45, 7) is 1.66. The van der Waals surface area contributed by atoms with E-state index in [1.807, 2.05) is 17.0 Å². The van der Waals surface area contributed by atoms with Gasteiger partial charge in [0, 0.05) is 36.7 Å². The van der Waals surface area contributed by atoms with Gasteiger partial charge < -0.3 is 19.6 Å². The number of H-pyrrole nitrogens is 1. The predicted octanol–water partition coefficient (Wildman–Crippen LogP) is 3.86. The number of carbonyl (C=O) groups excluding carboxylic acids is 2. The molecule has 0 bridgehead atoms. The molecule has 1 saturated heterocycles. The zero-order valence-electron chi connectivity index (χ0n) is 14.6. The summed E-state index contributed by atoms with van der Waals surface area (Å²) in [5.74, 6) is -0.364. The molecule has 0 unspecified atom stereocenters. The molecule has 1 aromatic heterocycles. The molecule has 4 rings (SSSR count). The Labute approximate surface area is 156 Å². The Bertz CT molecular complexity index is 882. The molecule has 2 aliphatic rings. The monoisotopic (exact) mass is 373 g/mol. The molecule has 0 spiro atoms. The fraction of sp³-hybridized carbons (Fsp3) is 0.526. The van der Waals surface area contributed by atoms with Crippen molar-refractivity contribution in [1.29, 1.82) is 0 Å². The molecule has 1 aliphatic carbocycles. The molecular formula is C19H23N3O3S. The summed E-state index contributed by atoms with van der Waals surface area (Å²) in [5, 5.41) is 2.97. The highest BCUT2D eigenvalue weighted by atomic mass is 32.1. The van der Waals surface area contributed by atoms with Crippen LogP contribution >= 0.6 is 12.2 Å². The molecule has 6 nitrogen and oxygen atoms in total. The predicted molar refractivity (Wildman–Crippen MR) is 101 cm³/mol. The summed E-state index contributed by atoms with van der Waals surface area (Å²) >= 11 is 4.99. The molecule has 0 radical (unpaired) electrons. The van der Waals surface area contributed by atoms with Gasteiger partial charge in [0.1, 0.15) is 0 Å². The summed E-state index contributed by atoms with van der Waals surface area (Å²) in [7, 11) is 0. The van der Waals surface area contributed by atoms with Crippen molar-refractivity contribution in [1.82, 2.24) is 9.88 Å². The molecule has 138 valence electrons. The Morgan fingerprint density at radius 1 is 1.12 bits per heavy atom. The first kappa shape index (κ1) is 17.3. The summed E-state index contributed by atoms with van der Waals surface area (Å²) in [6, 6.07) is 5.42. The van der Waals surface area contributed by atoms with E-state index in [9.17, 15) is 9.59 Å². The lowest BCUT2D eigenvalue weighted by molar-refractivity contribution is -0.141. The van der Waals surface area contributed by atoms with E-state index in [-0.39, 0.29) is 23.7 Å². The van der Waals surface area contributed by atoms with E-state index < -0.39 is 0 Å². The maximum absolute atomic E-state index is 12.9. The summed E-state index contributed by atoms with van der Waals surface area (Å²) < 4.78 is 5.41. The minimum absolute atomic E-state index is 0.0734. The van der Waals surface area contributed by atoms with E-state index in [0.717, 1.165) is 57.1 Å². The molecular weight excluding hydrogens is 350 g/mol. The molecule has 2 aromatic rings. The van der Waals surface area contributed by atoms with Gasteiger partial charge in [-0.05, 0) is 50.0 Å². The van der Waals surface area contributed by atoms with Crippen LogP contribution in [0.2, 0.25) is 0 Å². The Morgan fingerprint density at radius 3 is 2.62 bits per heavy atom. The van der Waals surface area contributed by atoms with Gasteiger partial charge in [-0.3, -0.25) is 9.59 Å². The number of rotatable bonds is 3. The molecule has 1 saturated carbocycles. The number of aromatic amines is 1. The van der Waals surface area contributed by atoms with E-state index >= 15 is 0 Å². The number of oxazole rings is 1. The maximum Gasteiger partial charge on any atom is 0.266 e. The minimum atomic E-state index is -0.259. The first-order chi connectivity index (χ1) is 12.6. The highest BCUT2D eigenvalue weighted by molar-refractivity contribution is 7.71.